The first-order valence-corrected chi connectivity index (χ1v) is 43.3. The van der Waals surface area contributed by atoms with Gasteiger partial charge in [-0.1, -0.05) is 108 Å². The summed E-state index contributed by atoms with van der Waals surface area (Å²) in [6.07, 6.45) is 7.77. The van der Waals surface area contributed by atoms with Crippen LogP contribution in [0, 0.1) is 59.5 Å². The van der Waals surface area contributed by atoms with Gasteiger partial charge < -0.3 is 66.3 Å². The van der Waals surface area contributed by atoms with Crippen molar-refractivity contribution in [3.8, 4) is 58.1 Å². The topological polar surface area (TPSA) is 322 Å². The van der Waals surface area contributed by atoms with E-state index < -0.39 is 48.3 Å². The lowest BCUT2D eigenvalue weighted by molar-refractivity contribution is -0.152. The van der Waals surface area contributed by atoms with Crippen molar-refractivity contribution in [1.82, 2.24) is 0 Å². The summed E-state index contributed by atoms with van der Waals surface area (Å²) >= 11 is 9.51. The van der Waals surface area contributed by atoms with E-state index >= 15 is 0 Å². The van der Waals surface area contributed by atoms with Crippen LogP contribution in [0.3, 0.4) is 0 Å². The zero-order valence-electron chi connectivity index (χ0n) is 63.4. The number of benzene rings is 4. The predicted molar refractivity (Wildman–Crippen MR) is 426 cm³/mol. The van der Waals surface area contributed by atoms with Crippen LogP contribution in [-0.4, -0.2) is 128 Å². The Morgan fingerprint density at radius 3 is 0.825 bits per heavy atom. The standard InChI is InChI=1S/C48H48N2O12S4.C32H32N2O10S4/c1-6-24-57-29-16-20-33(21-17-29)59-43(51)27-8-12-31(13-9-27)61-45(53)35(26-49)47-63-39-37(55-4)41-42(38(56-5)40(39)64-47)66-48(65-41)36(50-3)46(54)62-32-14-10-28(11-15-32)44(52)60-34-22-18-30(19-23-34)58-25-7-2;1-34-20(30(38)44-18-12-8-16(9-13-18)28(36)42-5)32-47-25-21(39-2)23-24(22(40-3)26(25)48-32)46-31(45-23)19(14-33)29(37)43-17-10-6-15(7-11-17)27(35)41-4/h16-23,27-28,31-32H,6-15,24-25H2,1-2,4-5H3;15-18H,6-13H2,2-5H3. The van der Waals surface area contributed by atoms with E-state index in [0.29, 0.717) is 218 Å². The van der Waals surface area contributed by atoms with Crippen LogP contribution in [-0.2, 0) is 66.8 Å². The zero-order chi connectivity index (χ0) is 81.3. The van der Waals surface area contributed by atoms with Crippen LogP contribution in [0.25, 0.3) is 9.69 Å². The van der Waals surface area contributed by atoms with E-state index in [-0.39, 0.29) is 70.1 Å². The molecule has 0 amide bonds. The second kappa shape index (κ2) is 40.6. The summed E-state index contributed by atoms with van der Waals surface area (Å²) in [7, 11) is 8.71. The molecule has 4 heterocycles. The van der Waals surface area contributed by atoms with Gasteiger partial charge in [0, 0.05) is 0 Å². The molecule has 0 radical (unpaired) electrons. The highest BCUT2D eigenvalue weighted by Gasteiger charge is 2.44. The van der Waals surface area contributed by atoms with E-state index in [1.54, 1.807) is 48.5 Å². The first-order chi connectivity index (χ1) is 55.2. The number of thioether (sulfide) groups is 8. The Bertz CT molecular complexity index is 4320. The molecule has 4 saturated carbocycles. The molecule has 0 spiro atoms. The van der Waals surface area contributed by atoms with Gasteiger partial charge in [0.2, 0.25) is 0 Å². The average Bonchev–Trinajstić information content (AvgIpc) is 1.59. The highest BCUT2D eigenvalue weighted by atomic mass is 32.2. The molecule has 26 nitrogen and oxygen atoms in total. The van der Waals surface area contributed by atoms with E-state index in [1.807, 2.05) is 26.0 Å². The second-order valence-corrected chi connectivity index (χ2v) is 35.9. The maximum Gasteiger partial charge on any atom is 0.350 e. The number of carbonyl (C=O) groups excluding carboxylic acids is 8. The molecule has 0 unspecified atom stereocenters. The van der Waals surface area contributed by atoms with E-state index in [0.717, 1.165) is 12.8 Å². The lowest BCUT2D eigenvalue weighted by atomic mass is 9.87. The zero-order valence-corrected chi connectivity index (χ0v) is 69.9. The number of ether oxygens (including phenoxy) is 14. The molecule has 4 aliphatic carbocycles. The summed E-state index contributed by atoms with van der Waals surface area (Å²) in [5.74, 6) is -1.26. The molecule has 4 aromatic rings. The third-order valence-electron chi connectivity index (χ3n) is 19.4. The van der Waals surface area contributed by atoms with Crippen LogP contribution >= 0.6 is 94.1 Å². The Labute approximate surface area is 693 Å². The summed E-state index contributed by atoms with van der Waals surface area (Å²) in [5, 5.41) is 20.2. The third kappa shape index (κ3) is 20.1. The molecule has 0 bridgehead atoms. The molecule has 4 aromatic carbocycles. The number of nitriles is 2. The number of rotatable bonds is 24. The van der Waals surface area contributed by atoms with Gasteiger partial charge in [0.25, 0.3) is 11.4 Å². The van der Waals surface area contributed by atoms with E-state index in [9.17, 15) is 48.9 Å². The summed E-state index contributed by atoms with van der Waals surface area (Å²) in [6.45, 7) is 21.0. The minimum atomic E-state index is -0.760. The van der Waals surface area contributed by atoms with Crippen LogP contribution < -0.4 is 37.9 Å². The number of methoxy groups -OCH3 is 6. The Kier molecular flexibility index (Phi) is 30.7. The highest BCUT2D eigenvalue weighted by molar-refractivity contribution is 8.26. The molecule has 0 N–H and O–H groups in total. The average molecular weight is 1710 g/mol. The molecule has 4 fully saturated rings. The van der Waals surface area contributed by atoms with Gasteiger partial charge in [0.1, 0.15) is 82.6 Å². The van der Waals surface area contributed by atoms with Gasteiger partial charge in [-0.3, -0.25) is 28.8 Å². The van der Waals surface area contributed by atoms with Crippen LogP contribution in [0.15, 0.2) is 127 Å². The van der Waals surface area contributed by atoms with Crippen molar-refractivity contribution in [1.29, 1.82) is 10.5 Å². The molecule has 0 aromatic heterocycles. The highest BCUT2D eigenvalue weighted by Crippen LogP contribution is 2.70. The van der Waals surface area contributed by atoms with E-state index in [4.69, 9.17) is 79.5 Å². The molecule has 4 aliphatic heterocycles. The van der Waals surface area contributed by atoms with E-state index in [1.165, 1.54) is 137 Å². The van der Waals surface area contributed by atoms with Gasteiger partial charge in [0.15, 0.2) is 11.1 Å². The fourth-order valence-corrected chi connectivity index (χ4v) is 24.5. The number of hydrogen-bond acceptors (Lipinski definition) is 32. The van der Waals surface area contributed by atoms with Gasteiger partial charge >= 0.3 is 47.8 Å². The maximum atomic E-state index is 13.5. The Balaban J connectivity index is 0.000000236. The smallest absolute Gasteiger partial charge is 0.350 e. The molecule has 600 valence electrons. The SMILES string of the molecule is [C-]#[N+]C(C(=O)OC1CCC(C(=O)OC)CC1)=C1Sc2c(OC)c3c(c(OC)c2S1)SC(=C(C#N)C(=O)OC1CCC(C(=O)OC)CC1)S3.[C-]#[N+]C(C(=O)OC1CCC(C(=O)Oc2ccc(OCCC)cc2)CC1)=C1Sc2c(OC)c3c(c(OC)c2S1)SC(=C(C#N)C(=O)OC1CCC(C(=O)Oc2ccc(OCCC)cc2)CC1)S3. The molecule has 114 heavy (non-hydrogen) atoms. The largest absolute Gasteiger partial charge is 0.494 e. The number of carbonyl (C=O) groups is 8. The van der Waals surface area contributed by atoms with Gasteiger partial charge in [-0.05, 0) is 164 Å². The fraction of sp³-hybridized carbons (Fsp3) is 0.450. The van der Waals surface area contributed by atoms with Crippen LogP contribution in [0.4, 0.5) is 0 Å². The molecular weight excluding hydrogens is 1630 g/mol. The lowest BCUT2D eigenvalue weighted by Crippen LogP contribution is -2.30. The van der Waals surface area contributed by atoms with Crippen molar-refractivity contribution in [3.05, 3.63) is 111 Å². The lowest BCUT2D eigenvalue weighted by Gasteiger charge is -2.27. The fourth-order valence-electron chi connectivity index (χ4n) is 13.5. The minimum absolute atomic E-state index is 0.139. The summed E-state index contributed by atoms with van der Waals surface area (Å²) in [6, 6.07) is 17.9. The molecule has 0 atom stereocenters. The minimum Gasteiger partial charge on any atom is -0.494 e. The molecule has 8 aliphatic rings. The Morgan fingerprint density at radius 1 is 0.360 bits per heavy atom. The van der Waals surface area contributed by atoms with Crippen molar-refractivity contribution < 1.29 is 105 Å². The number of esters is 8. The summed E-state index contributed by atoms with van der Waals surface area (Å²) in [5.41, 5.74) is -0.634. The number of nitrogens with zero attached hydrogens (tertiary/aromatic N) is 4. The second-order valence-electron chi connectivity index (χ2n) is 26.7. The van der Waals surface area contributed by atoms with Crippen molar-refractivity contribution >= 4 is 142 Å². The van der Waals surface area contributed by atoms with Crippen molar-refractivity contribution in [2.45, 2.75) is 193 Å². The van der Waals surface area contributed by atoms with Crippen molar-refractivity contribution in [2.75, 3.05) is 55.9 Å². The summed E-state index contributed by atoms with van der Waals surface area (Å²) < 4.78 is 80.2. The van der Waals surface area contributed by atoms with Gasteiger partial charge in [0.05, 0.1) is 149 Å². The monoisotopic (exact) mass is 1700 g/mol. The first-order valence-electron chi connectivity index (χ1n) is 36.7. The quantitative estimate of drug-likeness (QED) is 0.0157. The Morgan fingerprint density at radius 2 is 0.596 bits per heavy atom. The number of hydrogen-bond donors (Lipinski definition) is 0. The van der Waals surface area contributed by atoms with Crippen molar-refractivity contribution in [3.63, 3.8) is 0 Å². The number of fused-ring (bicyclic) bond motifs is 4. The van der Waals surface area contributed by atoms with E-state index in [2.05, 4.69) is 9.69 Å². The van der Waals surface area contributed by atoms with Gasteiger partial charge in [-0.15, -0.1) is 0 Å². The van der Waals surface area contributed by atoms with Gasteiger partial charge in [-0.25, -0.2) is 19.3 Å². The van der Waals surface area contributed by atoms with Crippen LogP contribution in [0.2, 0.25) is 0 Å². The first kappa shape index (κ1) is 86.0. The molecular formula is C80H80N4O22S8. The normalized spacial score (nSPS) is 20.8. The molecule has 34 heteroatoms. The molecule has 0 saturated heterocycles. The van der Waals surface area contributed by atoms with Crippen LogP contribution in [0.5, 0.6) is 46.0 Å². The van der Waals surface area contributed by atoms with Gasteiger partial charge in [-0.2, -0.15) is 10.5 Å². The summed E-state index contributed by atoms with van der Waals surface area (Å²) in [4.78, 5) is 115. The third-order valence-corrected chi connectivity index (χ3v) is 29.8. The predicted octanol–water partition coefficient (Wildman–Crippen LogP) is 17.4. The maximum absolute atomic E-state index is 13.5. The van der Waals surface area contributed by atoms with Crippen molar-refractivity contribution in [2.24, 2.45) is 23.7 Å². The Hall–Kier alpha value is -8.84. The molecule has 12 rings (SSSR count). The van der Waals surface area contributed by atoms with Crippen LogP contribution in [0.1, 0.15) is 129 Å².